The number of para-hydroxylation sites is 1. The van der Waals surface area contributed by atoms with Crippen LogP contribution in [-0.4, -0.2) is 11.7 Å². The van der Waals surface area contributed by atoms with Crippen LogP contribution in [-0.2, 0) is 6.42 Å². The third kappa shape index (κ3) is 2.10. The number of phenolic OH excluding ortho intramolecular Hbond substituents is 1. The number of benzene rings is 2. The maximum absolute atomic E-state index is 9.72. The van der Waals surface area contributed by atoms with E-state index in [4.69, 9.17) is 0 Å². The predicted octanol–water partition coefficient (Wildman–Crippen LogP) is 4.24. The summed E-state index contributed by atoms with van der Waals surface area (Å²) in [5.41, 5.74) is 3.67. The van der Waals surface area contributed by atoms with Crippen LogP contribution in [0.25, 0.3) is 0 Å². The molecule has 3 rings (SSSR count). The maximum atomic E-state index is 9.72. The van der Waals surface area contributed by atoms with Gasteiger partial charge in [-0.3, -0.25) is 0 Å². The Morgan fingerprint density at radius 1 is 1.11 bits per heavy atom. The van der Waals surface area contributed by atoms with Gasteiger partial charge in [-0.15, -0.1) is 0 Å². The number of hydrogen-bond acceptors (Lipinski definition) is 2. The normalized spacial score (nSPS) is 14.4. The third-order valence-electron chi connectivity index (χ3n) is 3.29. The predicted molar refractivity (Wildman–Crippen MR) is 77.6 cm³/mol. The fourth-order valence-corrected chi connectivity index (χ4v) is 2.99. The first-order chi connectivity index (χ1) is 8.74. The van der Waals surface area contributed by atoms with Gasteiger partial charge in [0, 0.05) is 28.5 Å². The molecule has 0 aliphatic carbocycles. The first-order valence-electron chi connectivity index (χ1n) is 6.09. The van der Waals surface area contributed by atoms with E-state index in [1.54, 1.807) is 6.07 Å². The van der Waals surface area contributed by atoms with Crippen LogP contribution in [0, 0.1) is 0 Å². The average Bonchev–Trinajstić information content (AvgIpc) is 2.37. The summed E-state index contributed by atoms with van der Waals surface area (Å²) < 4.78 is 0.903. The van der Waals surface area contributed by atoms with Crippen LogP contribution < -0.4 is 4.90 Å². The largest absolute Gasteiger partial charge is 0.508 e. The highest BCUT2D eigenvalue weighted by molar-refractivity contribution is 9.10. The quantitative estimate of drug-likeness (QED) is 0.852. The first kappa shape index (κ1) is 11.6. The van der Waals surface area contributed by atoms with Crippen LogP contribution in [0.5, 0.6) is 5.75 Å². The van der Waals surface area contributed by atoms with Gasteiger partial charge in [-0.2, -0.15) is 0 Å². The van der Waals surface area contributed by atoms with Crippen molar-refractivity contribution in [2.24, 2.45) is 0 Å². The van der Waals surface area contributed by atoms with Crippen molar-refractivity contribution in [3.05, 3.63) is 52.5 Å². The van der Waals surface area contributed by atoms with Crippen LogP contribution in [0.15, 0.2) is 46.9 Å². The van der Waals surface area contributed by atoms with E-state index >= 15 is 0 Å². The highest BCUT2D eigenvalue weighted by atomic mass is 79.9. The molecule has 1 aliphatic heterocycles. The molecule has 18 heavy (non-hydrogen) atoms. The van der Waals surface area contributed by atoms with Crippen molar-refractivity contribution in [2.45, 2.75) is 12.8 Å². The molecule has 1 heterocycles. The standard InChI is InChI=1S/C15H14BrNO/c16-12-8-13(10-14(18)9-12)17-7-3-5-11-4-1-2-6-15(11)17/h1-2,4,6,8-10,18H,3,5,7H2. The Hall–Kier alpha value is -1.48. The summed E-state index contributed by atoms with van der Waals surface area (Å²) in [6.07, 6.45) is 2.27. The molecule has 0 saturated carbocycles. The van der Waals surface area contributed by atoms with Crippen molar-refractivity contribution in [1.29, 1.82) is 0 Å². The minimum Gasteiger partial charge on any atom is -0.508 e. The molecule has 0 radical (unpaired) electrons. The van der Waals surface area contributed by atoms with Crippen LogP contribution in [0.4, 0.5) is 11.4 Å². The van der Waals surface area contributed by atoms with Crippen LogP contribution in [0.1, 0.15) is 12.0 Å². The number of halogens is 1. The topological polar surface area (TPSA) is 23.5 Å². The van der Waals surface area contributed by atoms with Gasteiger partial charge < -0.3 is 10.0 Å². The van der Waals surface area contributed by atoms with E-state index in [0.29, 0.717) is 5.75 Å². The van der Waals surface area contributed by atoms with Gasteiger partial charge in [0.25, 0.3) is 0 Å². The molecule has 0 atom stereocenters. The molecule has 0 saturated heterocycles. The Morgan fingerprint density at radius 2 is 1.94 bits per heavy atom. The molecule has 0 amide bonds. The number of phenols is 1. The minimum absolute atomic E-state index is 0.294. The second-order valence-electron chi connectivity index (χ2n) is 4.55. The summed E-state index contributed by atoms with van der Waals surface area (Å²) in [6.45, 7) is 0.993. The Bertz CT molecular complexity index is 562. The number of hydrogen-bond donors (Lipinski definition) is 1. The van der Waals surface area contributed by atoms with Gasteiger partial charge in [-0.1, -0.05) is 34.1 Å². The lowest BCUT2D eigenvalue weighted by molar-refractivity contribution is 0.475. The zero-order chi connectivity index (χ0) is 12.5. The Labute approximate surface area is 115 Å². The third-order valence-corrected chi connectivity index (χ3v) is 3.75. The van der Waals surface area contributed by atoms with Crippen molar-refractivity contribution in [2.75, 3.05) is 11.4 Å². The van der Waals surface area contributed by atoms with Gasteiger partial charge in [0.1, 0.15) is 5.75 Å². The van der Waals surface area contributed by atoms with E-state index in [0.717, 1.165) is 29.5 Å². The second-order valence-corrected chi connectivity index (χ2v) is 5.47. The molecule has 1 aliphatic rings. The lowest BCUT2D eigenvalue weighted by Gasteiger charge is -2.31. The SMILES string of the molecule is Oc1cc(Br)cc(N2CCCc3ccccc32)c1. The number of rotatable bonds is 1. The van der Waals surface area contributed by atoms with Crippen LogP contribution >= 0.6 is 15.9 Å². The lowest BCUT2D eigenvalue weighted by Crippen LogP contribution is -2.24. The van der Waals surface area contributed by atoms with Crippen molar-refractivity contribution in [3.8, 4) is 5.75 Å². The summed E-state index contributed by atoms with van der Waals surface area (Å²) in [5, 5.41) is 9.72. The van der Waals surface area contributed by atoms with Gasteiger partial charge in [0.05, 0.1) is 0 Å². The van der Waals surface area contributed by atoms with Gasteiger partial charge in [-0.05, 0) is 36.6 Å². The van der Waals surface area contributed by atoms with Gasteiger partial charge in [0.2, 0.25) is 0 Å². The monoisotopic (exact) mass is 303 g/mol. The molecular weight excluding hydrogens is 290 g/mol. The Balaban J connectivity index is 2.08. The number of aryl methyl sites for hydroxylation is 1. The average molecular weight is 304 g/mol. The summed E-state index contributed by atoms with van der Waals surface area (Å²) in [6, 6.07) is 14.0. The van der Waals surface area contributed by atoms with Crippen LogP contribution in [0.2, 0.25) is 0 Å². The van der Waals surface area contributed by atoms with E-state index in [2.05, 4.69) is 45.1 Å². The molecular formula is C15H14BrNO. The zero-order valence-electron chi connectivity index (χ0n) is 9.94. The molecule has 2 nitrogen and oxygen atoms in total. The number of fused-ring (bicyclic) bond motifs is 1. The number of aromatic hydroxyl groups is 1. The van der Waals surface area contributed by atoms with Gasteiger partial charge >= 0.3 is 0 Å². The zero-order valence-corrected chi connectivity index (χ0v) is 11.5. The first-order valence-corrected chi connectivity index (χ1v) is 6.88. The minimum atomic E-state index is 0.294. The molecule has 0 unspecified atom stereocenters. The molecule has 0 spiro atoms. The van der Waals surface area contributed by atoms with Crippen LogP contribution in [0.3, 0.4) is 0 Å². The molecule has 0 bridgehead atoms. The summed E-state index contributed by atoms with van der Waals surface area (Å²) in [5.74, 6) is 0.294. The molecule has 2 aromatic rings. The molecule has 0 fully saturated rings. The Morgan fingerprint density at radius 3 is 2.78 bits per heavy atom. The highest BCUT2D eigenvalue weighted by Crippen LogP contribution is 2.36. The van der Waals surface area contributed by atoms with Crippen molar-refractivity contribution < 1.29 is 5.11 Å². The molecule has 2 aromatic carbocycles. The molecule has 3 heteroatoms. The molecule has 0 aromatic heterocycles. The second kappa shape index (κ2) is 4.65. The highest BCUT2D eigenvalue weighted by Gasteiger charge is 2.18. The van der Waals surface area contributed by atoms with Crippen molar-refractivity contribution >= 4 is 27.3 Å². The molecule has 1 N–H and O–H groups in total. The van der Waals surface area contributed by atoms with E-state index in [1.807, 2.05) is 12.1 Å². The summed E-state index contributed by atoms with van der Waals surface area (Å²) in [4.78, 5) is 2.27. The maximum Gasteiger partial charge on any atom is 0.118 e. The lowest BCUT2D eigenvalue weighted by atomic mass is 10.0. The van der Waals surface area contributed by atoms with Crippen molar-refractivity contribution in [1.82, 2.24) is 0 Å². The number of anilines is 2. The van der Waals surface area contributed by atoms with Gasteiger partial charge in [-0.25, -0.2) is 0 Å². The van der Waals surface area contributed by atoms with E-state index in [-0.39, 0.29) is 0 Å². The summed E-state index contributed by atoms with van der Waals surface area (Å²) >= 11 is 3.43. The van der Waals surface area contributed by atoms with E-state index in [1.165, 1.54) is 11.3 Å². The van der Waals surface area contributed by atoms with Crippen molar-refractivity contribution in [3.63, 3.8) is 0 Å². The van der Waals surface area contributed by atoms with E-state index < -0.39 is 0 Å². The van der Waals surface area contributed by atoms with E-state index in [9.17, 15) is 5.11 Å². The number of nitrogens with zero attached hydrogens (tertiary/aromatic N) is 1. The Kier molecular flexibility index (Phi) is 3.00. The fraction of sp³-hybridized carbons (Fsp3) is 0.200. The fourth-order valence-electron chi connectivity index (χ4n) is 2.52. The van der Waals surface area contributed by atoms with Gasteiger partial charge in [0.15, 0.2) is 0 Å². The smallest absolute Gasteiger partial charge is 0.118 e. The summed E-state index contributed by atoms with van der Waals surface area (Å²) in [7, 11) is 0. The molecule has 92 valence electrons.